The van der Waals surface area contributed by atoms with Crippen LogP contribution < -0.4 is 10.6 Å². The van der Waals surface area contributed by atoms with Crippen molar-refractivity contribution in [2.24, 2.45) is 5.92 Å². The molecule has 1 fully saturated rings. The molecule has 0 atom stereocenters. The third kappa shape index (κ3) is 4.19. The zero-order chi connectivity index (χ0) is 16.8. The predicted octanol–water partition coefficient (Wildman–Crippen LogP) is 3.27. The highest BCUT2D eigenvalue weighted by Gasteiger charge is 2.16. The highest BCUT2D eigenvalue weighted by molar-refractivity contribution is 5.89. The van der Waals surface area contributed by atoms with Crippen LogP contribution in [0.5, 0.6) is 0 Å². The van der Waals surface area contributed by atoms with Crippen molar-refractivity contribution in [1.82, 2.24) is 15.3 Å². The van der Waals surface area contributed by atoms with E-state index in [0.717, 1.165) is 0 Å². The summed E-state index contributed by atoms with van der Waals surface area (Å²) in [5, 5.41) is 6.73. The molecule has 1 aromatic carbocycles. The van der Waals surface area contributed by atoms with Crippen molar-refractivity contribution >= 4 is 22.6 Å². The molecule has 1 saturated carbocycles. The van der Waals surface area contributed by atoms with Crippen LogP contribution in [0.15, 0.2) is 24.5 Å². The summed E-state index contributed by atoms with van der Waals surface area (Å²) in [5.74, 6) is 0.877. The van der Waals surface area contributed by atoms with Crippen LogP contribution >= 0.6 is 0 Å². The van der Waals surface area contributed by atoms with Crippen LogP contribution in [-0.4, -0.2) is 29.0 Å². The Kier molecular flexibility index (Phi) is 5.56. The number of halogens is 1. The number of fused-ring (bicyclic) bond motifs is 1. The van der Waals surface area contributed by atoms with E-state index in [-0.39, 0.29) is 11.7 Å². The van der Waals surface area contributed by atoms with E-state index in [2.05, 4.69) is 20.6 Å². The predicted molar refractivity (Wildman–Crippen MR) is 92.2 cm³/mol. The van der Waals surface area contributed by atoms with E-state index < -0.39 is 0 Å². The van der Waals surface area contributed by atoms with Crippen molar-refractivity contribution in [2.45, 2.75) is 38.5 Å². The average molecular weight is 330 g/mol. The van der Waals surface area contributed by atoms with Gasteiger partial charge in [0.25, 0.3) is 0 Å². The highest BCUT2D eigenvalue weighted by atomic mass is 19.1. The zero-order valence-electron chi connectivity index (χ0n) is 13.7. The minimum atomic E-state index is -0.362. The van der Waals surface area contributed by atoms with Gasteiger partial charge >= 0.3 is 0 Å². The van der Waals surface area contributed by atoms with Crippen LogP contribution in [0.1, 0.15) is 38.5 Å². The third-order valence-electron chi connectivity index (χ3n) is 4.55. The molecule has 0 saturated heterocycles. The number of carbonyl (C=O) groups excluding carboxylic acids is 1. The fourth-order valence-corrected chi connectivity index (χ4v) is 3.30. The molecule has 128 valence electrons. The second kappa shape index (κ2) is 8.04. The number of aromatic nitrogens is 2. The fraction of sp³-hybridized carbons (Fsp3) is 0.500. The standard InChI is InChI=1S/C18H23FN4O/c19-15-8-4-7-14-17(15)22-12-23-18(14)21-10-9-20-16(24)11-13-5-2-1-3-6-13/h4,7-8,12-13H,1-3,5-6,9-11H2,(H,20,24)(H,21,22,23). The van der Waals surface area contributed by atoms with Gasteiger partial charge in [0.2, 0.25) is 5.91 Å². The Labute approximate surface area is 141 Å². The summed E-state index contributed by atoms with van der Waals surface area (Å²) in [4.78, 5) is 20.1. The van der Waals surface area contributed by atoms with Gasteiger partial charge in [0.15, 0.2) is 0 Å². The van der Waals surface area contributed by atoms with Gasteiger partial charge in [0, 0.05) is 24.9 Å². The largest absolute Gasteiger partial charge is 0.368 e. The van der Waals surface area contributed by atoms with Crippen molar-refractivity contribution in [2.75, 3.05) is 18.4 Å². The van der Waals surface area contributed by atoms with Crippen LogP contribution in [0.3, 0.4) is 0 Å². The normalized spacial score (nSPS) is 15.4. The molecule has 6 heteroatoms. The smallest absolute Gasteiger partial charge is 0.220 e. The molecule has 1 aromatic heterocycles. The Morgan fingerprint density at radius 3 is 2.83 bits per heavy atom. The fourth-order valence-electron chi connectivity index (χ4n) is 3.30. The number of para-hydroxylation sites is 1. The molecule has 0 unspecified atom stereocenters. The topological polar surface area (TPSA) is 66.9 Å². The van der Waals surface area contributed by atoms with Crippen molar-refractivity contribution < 1.29 is 9.18 Å². The second-order valence-electron chi connectivity index (χ2n) is 6.34. The molecule has 1 aliphatic rings. The van der Waals surface area contributed by atoms with Gasteiger partial charge in [-0.05, 0) is 30.9 Å². The maximum absolute atomic E-state index is 13.7. The van der Waals surface area contributed by atoms with Gasteiger partial charge in [0.05, 0.1) is 0 Å². The first-order valence-corrected chi connectivity index (χ1v) is 8.64. The SMILES string of the molecule is O=C(CC1CCCCC1)NCCNc1ncnc2c(F)cccc12. The molecule has 1 amide bonds. The number of carbonyl (C=O) groups is 1. The molecule has 0 spiro atoms. The molecular formula is C18H23FN4O. The maximum atomic E-state index is 13.7. The third-order valence-corrected chi connectivity index (χ3v) is 4.55. The molecule has 24 heavy (non-hydrogen) atoms. The first-order chi connectivity index (χ1) is 11.7. The number of benzene rings is 1. The summed E-state index contributed by atoms with van der Waals surface area (Å²) in [6.45, 7) is 1.06. The second-order valence-corrected chi connectivity index (χ2v) is 6.34. The van der Waals surface area contributed by atoms with Crippen LogP contribution in [0.4, 0.5) is 10.2 Å². The molecule has 0 aliphatic heterocycles. The lowest BCUT2D eigenvalue weighted by Crippen LogP contribution is -2.30. The van der Waals surface area contributed by atoms with Gasteiger partial charge in [-0.3, -0.25) is 4.79 Å². The molecule has 0 bridgehead atoms. The zero-order valence-corrected chi connectivity index (χ0v) is 13.7. The van der Waals surface area contributed by atoms with Gasteiger partial charge in [-0.2, -0.15) is 0 Å². The van der Waals surface area contributed by atoms with E-state index in [0.29, 0.717) is 42.1 Å². The van der Waals surface area contributed by atoms with Gasteiger partial charge in [0.1, 0.15) is 23.5 Å². The Morgan fingerprint density at radius 2 is 2.00 bits per heavy atom. The van der Waals surface area contributed by atoms with Crippen molar-refractivity contribution in [3.05, 3.63) is 30.3 Å². The van der Waals surface area contributed by atoms with E-state index >= 15 is 0 Å². The molecule has 3 rings (SSSR count). The molecule has 1 aliphatic carbocycles. The van der Waals surface area contributed by atoms with Crippen LogP contribution in [0.2, 0.25) is 0 Å². The monoisotopic (exact) mass is 330 g/mol. The van der Waals surface area contributed by atoms with Crippen LogP contribution in [0, 0.1) is 11.7 Å². The number of hydrogen-bond donors (Lipinski definition) is 2. The van der Waals surface area contributed by atoms with E-state index in [4.69, 9.17) is 0 Å². The first kappa shape index (κ1) is 16.6. The maximum Gasteiger partial charge on any atom is 0.220 e. The number of rotatable bonds is 6. The summed E-state index contributed by atoms with van der Waals surface area (Å²) in [7, 11) is 0. The molecule has 0 radical (unpaired) electrons. The molecular weight excluding hydrogens is 307 g/mol. The van der Waals surface area contributed by atoms with Gasteiger partial charge < -0.3 is 10.6 Å². The number of anilines is 1. The lowest BCUT2D eigenvalue weighted by Gasteiger charge is -2.20. The van der Waals surface area contributed by atoms with E-state index in [9.17, 15) is 9.18 Å². The molecule has 5 nitrogen and oxygen atoms in total. The minimum Gasteiger partial charge on any atom is -0.368 e. The van der Waals surface area contributed by atoms with Gasteiger partial charge in [-0.1, -0.05) is 25.3 Å². The number of hydrogen-bond acceptors (Lipinski definition) is 4. The Bertz CT molecular complexity index is 700. The number of nitrogens with zero attached hydrogens (tertiary/aromatic N) is 2. The lowest BCUT2D eigenvalue weighted by atomic mass is 9.87. The summed E-state index contributed by atoms with van der Waals surface area (Å²) in [6.07, 6.45) is 8.11. The van der Waals surface area contributed by atoms with Crippen LogP contribution in [-0.2, 0) is 4.79 Å². The quantitative estimate of drug-likeness (QED) is 0.798. The number of nitrogens with one attached hydrogen (secondary N) is 2. The summed E-state index contributed by atoms with van der Waals surface area (Å²) in [5.41, 5.74) is 0.302. The molecule has 2 aromatic rings. The Hall–Kier alpha value is -2.24. The molecule has 2 N–H and O–H groups in total. The number of amides is 1. The van der Waals surface area contributed by atoms with Crippen molar-refractivity contribution in [3.63, 3.8) is 0 Å². The Morgan fingerprint density at radius 1 is 1.17 bits per heavy atom. The molecule has 1 heterocycles. The van der Waals surface area contributed by atoms with Gasteiger partial charge in [-0.15, -0.1) is 0 Å². The summed E-state index contributed by atoms with van der Waals surface area (Å²) in [6, 6.07) is 4.80. The van der Waals surface area contributed by atoms with Crippen molar-refractivity contribution in [3.8, 4) is 0 Å². The average Bonchev–Trinajstić information content (AvgIpc) is 2.60. The summed E-state index contributed by atoms with van der Waals surface area (Å²) < 4.78 is 13.7. The lowest BCUT2D eigenvalue weighted by molar-refractivity contribution is -0.122. The first-order valence-electron chi connectivity index (χ1n) is 8.64. The van der Waals surface area contributed by atoms with E-state index in [1.807, 2.05) is 0 Å². The minimum absolute atomic E-state index is 0.113. The summed E-state index contributed by atoms with van der Waals surface area (Å²) >= 11 is 0. The Balaban J connectivity index is 1.46. The van der Waals surface area contributed by atoms with E-state index in [1.165, 1.54) is 44.5 Å². The highest BCUT2D eigenvalue weighted by Crippen LogP contribution is 2.26. The van der Waals surface area contributed by atoms with Gasteiger partial charge in [-0.25, -0.2) is 14.4 Å². The van der Waals surface area contributed by atoms with Crippen molar-refractivity contribution in [1.29, 1.82) is 0 Å². The van der Waals surface area contributed by atoms with E-state index in [1.54, 1.807) is 12.1 Å². The van der Waals surface area contributed by atoms with Crippen LogP contribution in [0.25, 0.3) is 10.9 Å².